The molecule has 0 atom stereocenters. The smallest absolute Gasteiger partial charge is 0.254 e. The van der Waals surface area contributed by atoms with Crippen molar-refractivity contribution < 1.29 is 4.79 Å². The van der Waals surface area contributed by atoms with Crippen LogP contribution in [0.25, 0.3) is 5.65 Å². The Balaban J connectivity index is 1.51. The molecule has 0 radical (unpaired) electrons. The Morgan fingerprint density at radius 3 is 2.76 bits per heavy atom. The highest BCUT2D eigenvalue weighted by Gasteiger charge is 2.24. The number of piperazine rings is 1. The predicted octanol–water partition coefficient (Wildman–Crippen LogP) is 0.0834. The van der Waals surface area contributed by atoms with E-state index in [9.17, 15) is 9.59 Å². The van der Waals surface area contributed by atoms with Gasteiger partial charge < -0.3 is 14.8 Å². The maximum atomic E-state index is 12.5. The third-order valence-corrected chi connectivity index (χ3v) is 4.37. The highest BCUT2D eigenvalue weighted by atomic mass is 16.2. The Morgan fingerprint density at radius 1 is 1.20 bits per heavy atom. The summed E-state index contributed by atoms with van der Waals surface area (Å²) in [5.41, 5.74) is 0.849. The van der Waals surface area contributed by atoms with E-state index in [0.717, 1.165) is 17.3 Å². The van der Waals surface area contributed by atoms with Gasteiger partial charge in [0.1, 0.15) is 5.82 Å². The highest BCUT2D eigenvalue weighted by Crippen LogP contribution is 2.19. The molecule has 3 aromatic heterocycles. The van der Waals surface area contributed by atoms with Crippen LogP contribution in [0.2, 0.25) is 0 Å². The first-order chi connectivity index (χ1) is 12.1. The van der Waals surface area contributed by atoms with Crippen LogP contribution in [-0.2, 0) is 0 Å². The minimum atomic E-state index is -0.275. The fourth-order valence-corrected chi connectivity index (χ4v) is 3.03. The Labute approximate surface area is 142 Å². The van der Waals surface area contributed by atoms with E-state index in [-0.39, 0.29) is 11.5 Å². The molecule has 4 rings (SSSR count). The minimum Gasteiger partial charge on any atom is -0.350 e. The number of aromatic nitrogens is 5. The van der Waals surface area contributed by atoms with Gasteiger partial charge in [-0.1, -0.05) is 0 Å². The molecule has 0 unspecified atom stereocenters. The molecule has 9 heteroatoms. The van der Waals surface area contributed by atoms with Crippen molar-refractivity contribution in [2.24, 2.45) is 0 Å². The lowest BCUT2D eigenvalue weighted by atomic mass is 10.2. The summed E-state index contributed by atoms with van der Waals surface area (Å²) in [7, 11) is 0. The lowest BCUT2D eigenvalue weighted by molar-refractivity contribution is 0.0746. The third kappa shape index (κ3) is 2.73. The molecule has 0 spiro atoms. The van der Waals surface area contributed by atoms with Crippen molar-refractivity contribution in [1.82, 2.24) is 29.5 Å². The van der Waals surface area contributed by atoms with Crippen molar-refractivity contribution >= 4 is 17.4 Å². The molecule has 4 heterocycles. The van der Waals surface area contributed by atoms with Gasteiger partial charge >= 0.3 is 0 Å². The topological polar surface area (TPSA) is 99.5 Å². The predicted molar refractivity (Wildman–Crippen MR) is 90.7 cm³/mol. The molecule has 0 aliphatic carbocycles. The molecule has 25 heavy (non-hydrogen) atoms. The second-order valence-electron chi connectivity index (χ2n) is 5.91. The number of hydrogen-bond acceptors (Lipinski definition) is 6. The molecule has 1 fully saturated rings. The van der Waals surface area contributed by atoms with Crippen LogP contribution in [0.5, 0.6) is 0 Å². The number of nitrogens with zero attached hydrogens (tertiary/aromatic N) is 6. The molecule has 128 valence electrons. The van der Waals surface area contributed by atoms with E-state index in [1.165, 1.54) is 12.3 Å². The van der Waals surface area contributed by atoms with Crippen molar-refractivity contribution in [1.29, 1.82) is 0 Å². The molecule has 1 aliphatic heterocycles. The highest BCUT2D eigenvalue weighted by molar-refractivity contribution is 5.94. The quantitative estimate of drug-likeness (QED) is 0.710. The summed E-state index contributed by atoms with van der Waals surface area (Å²) >= 11 is 0. The number of anilines is 1. The summed E-state index contributed by atoms with van der Waals surface area (Å²) in [6, 6.07) is 2.95. The van der Waals surface area contributed by atoms with E-state index in [1.807, 2.05) is 17.5 Å². The van der Waals surface area contributed by atoms with Crippen LogP contribution in [0.3, 0.4) is 0 Å². The van der Waals surface area contributed by atoms with Crippen LogP contribution < -0.4 is 10.5 Å². The largest absolute Gasteiger partial charge is 0.350 e. The van der Waals surface area contributed by atoms with Crippen LogP contribution in [0, 0.1) is 6.92 Å². The van der Waals surface area contributed by atoms with Gasteiger partial charge in [0, 0.05) is 56.4 Å². The van der Waals surface area contributed by atoms with Crippen LogP contribution in [0.1, 0.15) is 16.2 Å². The summed E-state index contributed by atoms with van der Waals surface area (Å²) in [4.78, 5) is 34.7. The number of carbonyl (C=O) groups excluding carboxylic acids is 1. The summed E-state index contributed by atoms with van der Waals surface area (Å²) in [6.45, 7) is 4.30. The number of aromatic amines is 1. The average Bonchev–Trinajstić information content (AvgIpc) is 3.03. The van der Waals surface area contributed by atoms with E-state index in [0.29, 0.717) is 31.7 Å². The zero-order valence-corrected chi connectivity index (χ0v) is 13.7. The summed E-state index contributed by atoms with van der Waals surface area (Å²) in [5.74, 6) is 1.45. The SMILES string of the molecule is Cc1nnc2c(N3CCN(C(=O)c4cc[nH]c(=O)c4)CC3)nccn12. The molecule has 0 saturated carbocycles. The van der Waals surface area contributed by atoms with Gasteiger partial charge in [-0.25, -0.2) is 4.98 Å². The van der Waals surface area contributed by atoms with Gasteiger partial charge in [0.2, 0.25) is 11.2 Å². The zero-order valence-electron chi connectivity index (χ0n) is 13.7. The van der Waals surface area contributed by atoms with Crippen molar-refractivity contribution in [3.63, 3.8) is 0 Å². The van der Waals surface area contributed by atoms with Gasteiger partial charge in [0.25, 0.3) is 5.91 Å². The molecule has 1 saturated heterocycles. The van der Waals surface area contributed by atoms with Gasteiger partial charge in [-0.15, -0.1) is 10.2 Å². The molecular formula is C16H17N7O2. The Morgan fingerprint density at radius 2 is 2.00 bits per heavy atom. The molecule has 0 aromatic carbocycles. The second-order valence-corrected chi connectivity index (χ2v) is 5.91. The van der Waals surface area contributed by atoms with Crippen molar-refractivity contribution in [2.75, 3.05) is 31.1 Å². The number of carbonyl (C=O) groups is 1. The number of H-pyrrole nitrogens is 1. The van der Waals surface area contributed by atoms with E-state index in [1.54, 1.807) is 17.2 Å². The Hall–Kier alpha value is -3.23. The number of nitrogens with one attached hydrogen (secondary N) is 1. The van der Waals surface area contributed by atoms with Crippen molar-refractivity contribution in [3.05, 3.63) is 52.5 Å². The van der Waals surface area contributed by atoms with Gasteiger partial charge in [0.05, 0.1) is 0 Å². The first-order valence-electron chi connectivity index (χ1n) is 8.03. The average molecular weight is 339 g/mol. The summed E-state index contributed by atoms with van der Waals surface area (Å²) in [5, 5.41) is 8.29. The molecule has 1 amide bonds. The number of amides is 1. The fourth-order valence-electron chi connectivity index (χ4n) is 3.03. The number of aryl methyl sites for hydroxylation is 1. The van der Waals surface area contributed by atoms with Gasteiger partial charge in [-0.05, 0) is 13.0 Å². The zero-order chi connectivity index (χ0) is 17.4. The lowest BCUT2D eigenvalue weighted by Gasteiger charge is -2.35. The molecular weight excluding hydrogens is 322 g/mol. The summed E-state index contributed by atoms with van der Waals surface area (Å²) in [6.07, 6.45) is 5.05. The molecule has 0 bridgehead atoms. The van der Waals surface area contributed by atoms with E-state index in [2.05, 4.69) is 25.1 Å². The van der Waals surface area contributed by atoms with Crippen LogP contribution in [0.15, 0.2) is 35.5 Å². The maximum absolute atomic E-state index is 12.5. The normalized spacial score (nSPS) is 14.9. The van der Waals surface area contributed by atoms with Gasteiger partial charge in [0.15, 0.2) is 5.82 Å². The van der Waals surface area contributed by atoms with Crippen molar-refractivity contribution in [2.45, 2.75) is 6.92 Å². The van der Waals surface area contributed by atoms with Crippen molar-refractivity contribution in [3.8, 4) is 0 Å². The van der Waals surface area contributed by atoms with Crippen LogP contribution in [0.4, 0.5) is 5.82 Å². The monoisotopic (exact) mass is 339 g/mol. The van der Waals surface area contributed by atoms with Gasteiger partial charge in [-0.2, -0.15) is 0 Å². The number of hydrogen-bond donors (Lipinski definition) is 1. The van der Waals surface area contributed by atoms with E-state index >= 15 is 0 Å². The molecule has 1 N–H and O–H groups in total. The molecule has 3 aromatic rings. The third-order valence-electron chi connectivity index (χ3n) is 4.37. The van der Waals surface area contributed by atoms with Gasteiger partial charge in [-0.3, -0.25) is 14.0 Å². The Bertz CT molecular complexity index is 985. The fraction of sp³-hybridized carbons (Fsp3) is 0.312. The number of rotatable bonds is 2. The lowest BCUT2D eigenvalue weighted by Crippen LogP contribution is -2.49. The first kappa shape index (κ1) is 15.3. The van der Waals surface area contributed by atoms with E-state index in [4.69, 9.17) is 0 Å². The van der Waals surface area contributed by atoms with E-state index < -0.39 is 0 Å². The summed E-state index contributed by atoms with van der Waals surface area (Å²) < 4.78 is 1.90. The van der Waals surface area contributed by atoms with Crippen LogP contribution >= 0.6 is 0 Å². The van der Waals surface area contributed by atoms with Crippen LogP contribution in [-0.4, -0.2) is 61.6 Å². The molecule has 9 nitrogen and oxygen atoms in total. The molecule has 1 aliphatic rings. The minimum absolute atomic E-state index is 0.129. The number of pyridine rings is 1. The number of fused-ring (bicyclic) bond motifs is 1. The first-order valence-corrected chi connectivity index (χ1v) is 8.03. The standard InChI is InChI=1S/C16H17N7O2/c1-11-19-20-15-14(18-4-5-23(11)15)21-6-8-22(9-7-21)16(25)12-2-3-17-13(24)10-12/h2-5,10H,6-9H2,1H3,(H,17,24). The maximum Gasteiger partial charge on any atom is 0.254 e. The second kappa shape index (κ2) is 6.00. The Kier molecular flexibility index (Phi) is 3.68.